The molecule has 1 saturated heterocycles. The highest BCUT2D eigenvalue weighted by Gasteiger charge is 2.26. The molecule has 1 aliphatic carbocycles. The van der Waals surface area contributed by atoms with Gasteiger partial charge in [-0.15, -0.1) is 24.0 Å². The highest BCUT2D eigenvalue weighted by molar-refractivity contribution is 14.0. The largest absolute Gasteiger partial charge is 0.380 e. The highest BCUT2D eigenvalue weighted by atomic mass is 127. The average Bonchev–Trinajstić information content (AvgIpc) is 2.75. The molecule has 2 N–H and O–H groups in total. The molecule has 2 fully saturated rings. The van der Waals surface area contributed by atoms with Crippen molar-refractivity contribution >= 4 is 29.9 Å². The van der Waals surface area contributed by atoms with Crippen molar-refractivity contribution in [2.24, 2.45) is 4.99 Å². The predicted octanol–water partition coefficient (Wildman–Crippen LogP) is 4.44. The molecule has 0 aromatic heterocycles. The van der Waals surface area contributed by atoms with Crippen molar-refractivity contribution in [1.82, 2.24) is 15.5 Å². The van der Waals surface area contributed by atoms with Crippen LogP contribution in [0.2, 0.25) is 0 Å². The van der Waals surface area contributed by atoms with Crippen molar-refractivity contribution in [2.75, 3.05) is 26.7 Å². The van der Waals surface area contributed by atoms with E-state index in [0.717, 1.165) is 37.0 Å². The SMILES string of the molecule is CCNC(=NCc1ccc(F)c(COC)c1)NC1CCN(C2CCCCC2)CC1.I. The minimum Gasteiger partial charge on any atom is -0.380 e. The van der Waals surface area contributed by atoms with E-state index >= 15 is 0 Å². The lowest BCUT2D eigenvalue weighted by Gasteiger charge is -2.39. The van der Waals surface area contributed by atoms with Crippen LogP contribution in [0, 0.1) is 5.82 Å². The summed E-state index contributed by atoms with van der Waals surface area (Å²) in [5.74, 6) is 0.621. The predicted molar refractivity (Wildman–Crippen MR) is 132 cm³/mol. The molecule has 0 atom stereocenters. The molecule has 170 valence electrons. The minimum absolute atomic E-state index is 0. The van der Waals surface area contributed by atoms with Crippen molar-refractivity contribution < 1.29 is 9.13 Å². The lowest BCUT2D eigenvalue weighted by molar-refractivity contribution is 0.119. The lowest BCUT2D eigenvalue weighted by atomic mass is 9.92. The third-order valence-corrected chi connectivity index (χ3v) is 6.14. The zero-order chi connectivity index (χ0) is 20.5. The molecule has 1 aromatic carbocycles. The van der Waals surface area contributed by atoms with E-state index in [0.29, 0.717) is 18.2 Å². The number of hydrogen-bond donors (Lipinski definition) is 2. The number of ether oxygens (including phenoxy) is 1. The van der Waals surface area contributed by atoms with Gasteiger partial charge in [-0.3, -0.25) is 0 Å². The van der Waals surface area contributed by atoms with Crippen LogP contribution in [0.3, 0.4) is 0 Å². The topological polar surface area (TPSA) is 48.9 Å². The van der Waals surface area contributed by atoms with Gasteiger partial charge in [-0.05, 0) is 50.3 Å². The van der Waals surface area contributed by atoms with Gasteiger partial charge >= 0.3 is 0 Å². The maximum atomic E-state index is 13.8. The van der Waals surface area contributed by atoms with E-state index in [9.17, 15) is 4.39 Å². The molecule has 0 radical (unpaired) electrons. The Hall–Kier alpha value is -0.930. The number of methoxy groups -OCH3 is 1. The number of aliphatic imine (C=N–C) groups is 1. The van der Waals surface area contributed by atoms with Crippen LogP contribution >= 0.6 is 24.0 Å². The molecule has 7 heteroatoms. The number of hydrogen-bond acceptors (Lipinski definition) is 3. The Morgan fingerprint density at radius 2 is 1.90 bits per heavy atom. The monoisotopic (exact) mass is 532 g/mol. The Kier molecular flexibility index (Phi) is 11.4. The maximum absolute atomic E-state index is 13.8. The van der Waals surface area contributed by atoms with E-state index in [1.807, 2.05) is 6.07 Å². The van der Waals surface area contributed by atoms with Gasteiger partial charge in [0.1, 0.15) is 5.82 Å². The normalized spacial score (nSPS) is 19.4. The molecule has 3 rings (SSSR count). The molecule has 1 saturated carbocycles. The summed E-state index contributed by atoms with van der Waals surface area (Å²) in [5.41, 5.74) is 1.57. The van der Waals surface area contributed by atoms with Gasteiger partial charge < -0.3 is 20.3 Å². The van der Waals surface area contributed by atoms with Gasteiger partial charge in [0.05, 0.1) is 13.2 Å². The molecular weight excluding hydrogens is 494 g/mol. The fraction of sp³-hybridized carbons (Fsp3) is 0.696. The second kappa shape index (κ2) is 13.5. The highest BCUT2D eigenvalue weighted by Crippen LogP contribution is 2.25. The first-order chi connectivity index (χ1) is 14.2. The molecular formula is C23H38FIN4O. The average molecular weight is 532 g/mol. The first-order valence-corrected chi connectivity index (χ1v) is 11.2. The van der Waals surface area contributed by atoms with E-state index in [-0.39, 0.29) is 36.4 Å². The number of rotatable bonds is 7. The quantitative estimate of drug-likeness (QED) is 0.310. The van der Waals surface area contributed by atoms with Crippen LogP contribution in [0.5, 0.6) is 0 Å². The second-order valence-corrected chi connectivity index (χ2v) is 8.30. The Morgan fingerprint density at radius 3 is 2.57 bits per heavy atom. The smallest absolute Gasteiger partial charge is 0.191 e. The van der Waals surface area contributed by atoms with Gasteiger partial charge in [0.2, 0.25) is 0 Å². The van der Waals surface area contributed by atoms with Crippen LogP contribution in [0.15, 0.2) is 23.2 Å². The maximum Gasteiger partial charge on any atom is 0.191 e. The molecule has 0 bridgehead atoms. The molecule has 0 unspecified atom stereocenters. The first-order valence-electron chi connectivity index (χ1n) is 11.2. The molecule has 1 heterocycles. The molecule has 1 aromatic rings. The minimum atomic E-state index is -0.227. The number of nitrogens with one attached hydrogen (secondary N) is 2. The number of nitrogens with zero attached hydrogens (tertiary/aromatic N) is 2. The molecule has 2 aliphatic rings. The van der Waals surface area contributed by atoms with Crippen molar-refractivity contribution in [2.45, 2.75) is 77.1 Å². The Bertz CT molecular complexity index is 659. The Balaban J connectivity index is 0.00000320. The van der Waals surface area contributed by atoms with Gasteiger partial charge in [-0.1, -0.05) is 25.3 Å². The zero-order valence-corrected chi connectivity index (χ0v) is 20.8. The van der Waals surface area contributed by atoms with E-state index < -0.39 is 0 Å². The van der Waals surface area contributed by atoms with Gasteiger partial charge in [0.15, 0.2) is 5.96 Å². The van der Waals surface area contributed by atoms with Crippen LogP contribution in [0.1, 0.15) is 63.0 Å². The van der Waals surface area contributed by atoms with Gasteiger partial charge in [-0.2, -0.15) is 0 Å². The summed E-state index contributed by atoms with van der Waals surface area (Å²) in [6.07, 6.45) is 9.30. The number of benzene rings is 1. The standard InChI is InChI=1S/C23H37FN4O.HI/c1-3-25-23(26-16-18-9-10-22(24)19(15-18)17-29-2)27-20-11-13-28(14-12-20)21-7-5-4-6-8-21;/h9-10,15,20-21H,3-8,11-14,16-17H2,1-2H3,(H2,25,26,27);1H. The van der Waals surface area contributed by atoms with Crippen molar-refractivity contribution in [3.8, 4) is 0 Å². The summed E-state index contributed by atoms with van der Waals surface area (Å²) in [5, 5.41) is 6.97. The van der Waals surface area contributed by atoms with E-state index in [1.165, 1.54) is 51.3 Å². The van der Waals surface area contributed by atoms with E-state index in [2.05, 4.69) is 22.5 Å². The third kappa shape index (κ3) is 7.64. The molecule has 5 nitrogen and oxygen atoms in total. The molecule has 0 spiro atoms. The third-order valence-electron chi connectivity index (χ3n) is 6.14. The van der Waals surface area contributed by atoms with Gasteiger partial charge in [-0.25, -0.2) is 9.38 Å². The van der Waals surface area contributed by atoms with Crippen LogP contribution in [0.25, 0.3) is 0 Å². The number of likely N-dealkylation sites (tertiary alicyclic amines) is 1. The van der Waals surface area contributed by atoms with E-state index in [4.69, 9.17) is 9.73 Å². The molecule has 1 aliphatic heterocycles. The fourth-order valence-corrected chi connectivity index (χ4v) is 4.53. The second-order valence-electron chi connectivity index (χ2n) is 8.30. The zero-order valence-electron chi connectivity index (χ0n) is 18.5. The summed E-state index contributed by atoms with van der Waals surface area (Å²) in [4.78, 5) is 7.44. The van der Waals surface area contributed by atoms with Crippen molar-refractivity contribution in [3.05, 3.63) is 35.1 Å². The summed E-state index contributed by atoms with van der Waals surface area (Å²) in [6, 6.07) is 6.41. The summed E-state index contributed by atoms with van der Waals surface area (Å²) in [6.45, 7) is 6.07. The van der Waals surface area contributed by atoms with E-state index in [1.54, 1.807) is 13.2 Å². The Labute approximate surface area is 198 Å². The Morgan fingerprint density at radius 1 is 1.17 bits per heavy atom. The molecule has 0 amide bonds. The van der Waals surface area contributed by atoms with Crippen LogP contribution in [-0.2, 0) is 17.9 Å². The first kappa shape index (κ1) is 25.3. The van der Waals surface area contributed by atoms with Crippen molar-refractivity contribution in [3.63, 3.8) is 0 Å². The van der Waals surface area contributed by atoms with Crippen LogP contribution in [0.4, 0.5) is 4.39 Å². The lowest BCUT2D eigenvalue weighted by Crippen LogP contribution is -2.50. The van der Waals surface area contributed by atoms with Crippen LogP contribution < -0.4 is 10.6 Å². The number of piperidine rings is 1. The fourth-order valence-electron chi connectivity index (χ4n) is 4.53. The van der Waals surface area contributed by atoms with Gasteiger partial charge in [0.25, 0.3) is 0 Å². The number of guanidine groups is 1. The number of halogens is 2. The summed E-state index contributed by atoms with van der Waals surface area (Å²) in [7, 11) is 1.58. The van der Waals surface area contributed by atoms with Crippen LogP contribution in [-0.4, -0.2) is 49.7 Å². The molecule has 30 heavy (non-hydrogen) atoms. The summed E-state index contributed by atoms with van der Waals surface area (Å²) < 4.78 is 18.9. The van der Waals surface area contributed by atoms with Gasteiger partial charge in [0, 0.05) is 44.4 Å². The van der Waals surface area contributed by atoms with Crippen molar-refractivity contribution in [1.29, 1.82) is 0 Å². The summed E-state index contributed by atoms with van der Waals surface area (Å²) >= 11 is 0.